The maximum absolute atomic E-state index is 13.4. The smallest absolute Gasteiger partial charge is 0.183 e. The summed E-state index contributed by atoms with van der Waals surface area (Å²) in [5.41, 5.74) is 4.34. The van der Waals surface area contributed by atoms with Gasteiger partial charge < -0.3 is 4.57 Å². The molecule has 1 aliphatic carbocycles. The van der Waals surface area contributed by atoms with Crippen LogP contribution < -0.4 is 0 Å². The van der Waals surface area contributed by atoms with Crippen molar-refractivity contribution in [3.05, 3.63) is 47.2 Å². The molecule has 5 rings (SSSR count). The van der Waals surface area contributed by atoms with Gasteiger partial charge in [0.1, 0.15) is 17.3 Å². The van der Waals surface area contributed by atoms with Crippen molar-refractivity contribution < 1.29 is 4.39 Å². The number of hydrogen-bond donors (Lipinski definition) is 0. The molecular formula is C22H26FN5. The van der Waals surface area contributed by atoms with Crippen LogP contribution in [0, 0.1) is 5.82 Å². The van der Waals surface area contributed by atoms with Gasteiger partial charge in [0.05, 0.1) is 11.4 Å². The second-order valence-electron chi connectivity index (χ2n) is 8.39. The fourth-order valence-corrected chi connectivity index (χ4v) is 4.96. The standard InChI is InChI=1S/C22H26FN5/c1-3-18-17-11-14-27-20(24-25-21(27)22(2)12-5-4-6-13-22)19(17)28(26-18)16-9-7-15(23)8-10-16/h7-10H,3-6,11-14H2,1-2H3. The Hall–Kier alpha value is -2.50. The molecule has 146 valence electrons. The minimum Gasteiger partial charge on any atom is -0.309 e. The van der Waals surface area contributed by atoms with Crippen molar-refractivity contribution in [2.75, 3.05) is 0 Å². The molecule has 0 atom stereocenters. The highest BCUT2D eigenvalue weighted by Crippen LogP contribution is 2.41. The second-order valence-corrected chi connectivity index (χ2v) is 8.39. The Morgan fingerprint density at radius 2 is 1.82 bits per heavy atom. The number of aromatic nitrogens is 5. The number of halogens is 1. The summed E-state index contributed by atoms with van der Waals surface area (Å²) in [4.78, 5) is 0. The molecule has 1 saturated carbocycles. The molecule has 0 spiro atoms. The second kappa shape index (κ2) is 6.54. The van der Waals surface area contributed by atoms with E-state index < -0.39 is 0 Å². The monoisotopic (exact) mass is 379 g/mol. The summed E-state index contributed by atoms with van der Waals surface area (Å²) in [6.45, 7) is 5.38. The van der Waals surface area contributed by atoms with Gasteiger partial charge in [-0.3, -0.25) is 0 Å². The molecule has 28 heavy (non-hydrogen) atoms. The van der Waals surface area contributed by atoms with Crippen molar-refractivity contribution in [3.63, 3.8) is 0 Å². The van der Waals surface area contributed by atoms with Crippen LogP contribution in [0.25, 0.3) is 17.2 Å². The Bertz CT molecular complexity index is 1010. The van der Waals surface area contributed by atoms with E-state index in [1.54, 1.807) is 12.1 Å². The zero-order chi connectivity index (χ0) is 19.3. The van der Waals surface area contributed by atoms with Crippen LogP contribution >= 0.6 is 0 Å². The number of nitrogens with zero attached hydrogens (tertiary/aromatic N) is 5. The van der Waals surface area contributed by atoms with E-state index in [2.05, 4.69) is 28.6 Å². The SMILES string of the molecule is CCc1nn(-c2ccc(F)cc2)c2c1CCn1c-2nnc1C1(C)CCCCC1. The molecule has 5 nitrogen and oxygen atoms in total. The zero-order valence-electron chi connectivity index (χ0n) is 16.6. The predicted molar refractivity (Wildman–Crippen MR) is 106 cm³/mol. The highest BCUT2D eigenvalue weighted by molar-refractivity contribution is 5.63. The molecule has 0 amide bonds. The van der Waals surface area contributed by atoms with Crippen LogP contribution in [0.5, 0.6) is 0 Å². The fourth-order valence-electron chi connectivity index (χ4n) is 4.96. The summed E-state index contributed by atoms with van der Waals surface area (Å²) in [5, 5.41) is 14.2. The minimum absolute atomic E-state index is 0.106. The molecule has 1 aliphatic heterocycles. The highest BCUT2D eigenvalue weighted by Gasteiger charge is 2.37. The van der Waals surface area contributed by atoms with Gasteiger partial charge in [0.2, 0.25) is 0 Å². The number of hydrogen-bond acceptors (Lipinski definition) is 3. The van der Waals surface area contributed by atoms with E-state index in [9.17, 15) is 4.39 Å². The van der Waals surface area contributed by atoms with Crippen LogP contribution in [0.2, 0.25) is 0 Å². The molecule has 0 unspecified atom stereocenters. The zero-order valence-corrected chi connectivity index (χ0v) is 16.6. The fraction of sp³-hybridized carbons (Fsp3) is 0.500. The lowest BCUT2D eigenvalue weighted by Gasteiger charge is -2.33. The largest absolute Gasteiger partial charge is 0.309 e. The maximum Gasteiger partial charge on any atom is 0.183 e. The van der Waals surface area contributed by atoms with Crippen LogP contribution in [-0.2, 0) is 24.8 Å². The first kappa shape index (κ1) is 17.6. The molecule has 1 fully saturated rings. The molecule has 0 saturated heterocycles. The Kier molecular flexibility index (Phi) is 4.11. The van der Waals surface area contributed by atoms with Crippen molar-refractivity contribution in [1.82, 2.24) is 24.5 Å². The molecule has 3 heterocycles. The molecule has 0 radical (unpaired) electrons. The third-order valence-electron chi connectivity index (χ3n) is 6.52. The van der Waals surface area contributed by atoms with Gasteiger partial charge in [-0.05, 0) is 49.9 Å². The Balaban J connectivity index is 1.67. The van der Waals surface area contributed by atoms with Crippen molar-refractivity contribution in [3.8, 4) is 17.2 Å². The van der Waals surface area contributed by atoms with Crippen molar-refractivity contribution in [2.45, 2.75) is 70.8 Å². The lowest BCUT2D eigenvalue weighted by molar-refractivity contribution is 0.293. The van der Waals surface area contributed by atoms with Crippen LogP contribution in [0.4, 0.5) is 4.39 Å². The summed E-state index contributed by atoms with van der Waals surface area (Å²) >= 11 is 0. The van der Waals surface area contributed by atoms with Crippen LogP contribution in [0.1, 0.15) is 63.0 Å². The van der Waals surface area contributed by atoms with E-state index in [4.69, 9.17) is 5.10 Å². The lowest BCUT2D eigenvalue weighted by Crippen LogP contribution is -2.30. The average molecular weight is 379 g/mol. The van der Waals surface area contributed by atoms with Crippen LogP contribution in [-0.4, -0.2) is 24.5 Å². The number of aryl methyl sites for hydroxylation is 1. The topological polar surface area (TPSA) is 48.5 Å². The van der Waals surface area contributed by atoms with Crippen LogP contribution in [0.3, 0.4) is 0 Å². The molecular weight excluding hydrogens is 353 g/mol. The lowest BCUT2D eigenvalue weighted by atomic mass is 9.75. The van der Waals surface area contributed by atoms with Crippen LogP contribution in [0.15, 0.2) is 24.3 Å². The molecule has 1 aromatic carbocycles. The van der Waals surface area contributed by atoms with Gasteiger partial charge in [0, 0.05) is 17.5 Å². The first-order valence-corrected chi connectivity index (χ1v) is 10.4. The van der Waals surface area contributed by atoms with E-state index in [0.29, 0.717) is 0 Å². The van der Waals surface area contributed by atoms with Gasteiger partial charge in [-0.2, -0.15) is 5.10 Å². The third-order valence-corrected chi connectivity index (χ3v) is 6.52. The van der Waals surface area contributed by atoms with Gasteiger partial charge in [-0.1, -0.05) is 33.1 Å². The van der Waals surface area contributed by atoms with E-state index in [-0.39, 0.29) is 11.2 Å². The van der Waals surface area contributed by atoms with Gasteiger partial charge >= 0.3 is 0 Å². The summed E-state index contributed by atoms with van der Waals surface area (Å²) in [6, 6.07) is 6.52. The quantitative estimate of drug-likeness (QED) is 0.668. The molecule has 3 aromatic rings. The maximum atomic E-state index is 13.4. The first-order valence-electron chi connectivity index (χ1n) is 10.4. The highest BCUT2D eigenvalue weighted by atomic mass is 19.1. The van der Waals surface area contributed by atoms with Gasteiger partial charge in [-0.15, -0.1) is 10.2 Å². The number of rotatable bonds is 3. The third kappa shape index (κ3) is 2.61. The minimum atomic E-state index is -0.240. The normalized spacial score (nSPS) is 18.0. The summed E-state index contributed by atoms with van der Waals surface area (Å²) in [6.07, 6.45) is 8.00. The number of fused-ring (bicyclic) bond motifs is 3. The van der Waals surface area contributed by atoms with Crippen molar-refractivity contribution in [1.29, 1.82) is 0 Å². The molecule has 2 aliphatic rings. The molecule has 0 N–H and O–H groups in total. The molecule has 0 bridgehead atoms. The average Bonchev–Trinajstić information content (AvgIpc) is 3.31. The summed E-state index contributed by atoms with van der Waals surface area (Å²) < 4.78 is 17.7. The summed E-state index contributed by atoms with van der Waals surface area (Å²) in [7, 11) is 0. The van der Waals surface area contributed by atoms with Crippen molar-refractivity contribution in [2.24, 2.45) is 0 Å². The van der Waals surface area contributed by atoms with Gasteiger partial charge in [0.15, 0.2) is 5.82 Å². The van der Waals surface area contributed by atoms with Crippen molar-refractivity contribution >= 4 is 0 Å². The van der Waals surface area contributed by atoms with E-state index in [0.717, 1.165) is 48.1 Å². The Morgan fingerprint density at radius 1 is 1.07 bits per heavy atom. The van der Waals surface area contributed by atoms with Gasteiger partial charge in [0.25, 0.3) is 0 Å². The van der Waals surface area contributed by atoms with E-state index in [1.807, 2.05) is 4.68 Å². The van der Waals surface area contributed by atoms with Gasteiger partial charge in [-0.25, -0.2) is 9.07 Å². The molecule has 2 aromatic heterocycles. The van der Waals surface area contributed by atoms with E-state index >= 15 is 0 Å². The number of benzene rings is 1. The Morgan fingerprint density at radius 3 is 2.54 bits per heavy atom. The Labute approximate surface area is 164 Å². The summed E-state index contributed by atoms with van der Waals surface area (Å²) in [5.74, 6) is 1.79. The predicted octanol–water partition coefficient (Wildman–Crippen LogP) is 4.61. The first-order chi connectivity index (χ1) is 13.6. The van der Waals surface area contributed by atoms with E-state index in [1.165, 1.54) is 49.8 Å². The molecule has 6 heteroatoms.